The van der Waals surface area contributed by atoms with Gasteiger partial charge >= 0.3 is 0 Å². The van der Waals surface area contributed by atoms with Gasteiger partial charge in [0.25, 0.3) is 0 Å². The van der Waals surface area contributed by atoms with Crippen molar-refractivity contribution < 1.29 is 9.90 Å². The smallest absolute Gasteiger partial charge is 0.246 e. The molecule has 1 aromatic carbocycles. The summed E-state index contributed by atoms with van der Waals surface area (Å²) < 4.78 is 0. The number of rotatable bonds is 4. The van der Waals surface area contributed by atoms with E-state index in [1.807, 2.05) is 26.0 Å². The lowest BCUT2D eigenvalue weighted by molar-refractivity contribution is -0.126. The molecular weight excluding hydrogens is 238 g/mol. The number of phenolic OH excluding ortho intramolecular Hbond substituents is 1. The Balaban J connectivity index is 2.10. The number of carbonyl (C=O) groups excluding carboxylic acids is 1. The van der Waals surface area contributed by atoms with Gasteiger partial charge in [0.1, 0.15) is 5.75 Å². The van der Waals surface area contributed by atoms with E-state index in [1.165, 1.54) is 18.4 Å². The van der Waals surface area contributed by atoms with Crippen LogP contribution in [-0.4, -0.2) is 23.0 Å². The number of aromatic hydroxyl groups is 1. The minimum Gasteiger partial charge on any atom is -0.508 e. The molecule has 1 atom stereocenters. The van der Waals surface area contributed by atoms with Gasteiger partial charge < -0.3 is 10.0 Å². The van der Waals surface area contributed by atoms with Gasteiger partial charge in [-0.3, -0.25) is 4.79 Å². The van der Waals surface area contributed by atoms with Crippen molar-refractivity contribution in [1.29, 1.82) is 0 Å². The number of carbonyl (C=O) groups is 1. The summed E-state index contributed by atoms with van der Waals surface area (Å²) >= 11 is 0. The van der Waals surface area contributed by atoms with E-state index in [2.05, 4.69) is 0 Å². The summed E-state index contributed by atoms with van der Waals surface area (Å²) in [6, 6.07) is 7.01. The summed E-state index contributed by atoms with van der Waals surface area (Å²) in [6.45, 7) is 3.95. The van der Waals surface area contributed by atoms with E-state index in [0.717, 1.165) is 5.56 Å². The molecule has 1 aliphatic rings. The highest BCUT2D eigenvalue weighted by Gasteiger charge is 2.25. The number of hydrogen-bond acceptors (Lipinski definition) is 2. The van der Waals surface area contributed by atoms with Crippen molar-refractivity contribution in [2.45, 2.75) is 32.7 Å². The average Bonchev–Trinajstić information content (AvgIpc) is 3.21. The maximum Gasteiger partial charge on any atom is 0.246 e. The first-order valence-corrected chi connectivity index (χ1v) is 6.73. The minimum atomic E-state index is -0.142. The molecule has 1 amide bonds. The molecule has 0 bridgehead atoms. The van der Waals surface area contributed by atoms with E-state index < -0.39 is 0 Å². The molecule has 1 saturated carbocycles. The first kappa shape index (κ1) is 13.7. The van der Waals surface area contributed by atoms with Crippen molar-refractivity contribution in [1.82, 2.24) is 4.90 Å². The quantitative estimate of drug-likeness (QED) is 0.843. The van der Waals surface area contributed by atoms with Crippen molar-refractivity contribution >= 4 is 5.91 Å². The van der Waals surface area contributed by atoms with Gasteiger partial charge in [0.05, 0.1) is 6.04 Å². The van der Waals surface area contributed by atoms with Gasteiger partial charge in [-0.2, -0.15) is 0 Å². The fraction of sp³-hybridized carbons (Fsp3) is 0.438. The summed E-state index contributed by atoms with van der Waals surface area (Å²) in [6.07, 6.45) is 4.14. The lowest BCUT2D eigenvalue weighted by Crippen LogP contribution is -2.28. The molecule has 102 valence electrons. The molecule has 0 saturated heterocycles. The highest BCUT2D eigenvalue weighted by atomic mass is 16.3. The van der Waals surface area contributed by atoms with E-state index >= 15 is 0 Å². The molecule has 2 rings (SSSR count). The predicted octanol–water partition coefficient (Wildman–Crippen LogP) is 3.27. The lowest BCUT2D eigenvalue weighted by atomic mass is 10.1. The van der Waals surface area contributed by atoms with Gasteiger partial charge in [-0.1, -0.05) is 23.8 Å². The summed E-state index contributed by atoms with van der Waals surface area (Å²) in [4.78, 5) is 13.8. The van der Waals surface area contributed by atoms with E-state index in [0.29, 0.717) is 5.92 Å². The van der Waals surface area contributed by atoms with Crippen LogP contribution in [0, 0.1) is 5.92 Å². The van der Waals surface area contributed by atoms with Crippen molar-refractivity contribution in [3.05, 3.63) is 41.5 Å². The SMILES string of the molecule is C/C(=C\C(=O)N(C)[C@@H](C)c1ccccc1O)C1CC1. The lowest BCUT2D eigenvalue weighted by Gasteiger charge is -2.25. The zero-order valence-corrected chi connectivity index (χ0v) is 11.8. The molecule has 0 aromatic heterocycles. The van der Waals surface area contributed by atoms with Gasteiger partial charge in [0, 0.05) is 18.7 Å². The first-order valence-electron chi connectivity index (χ1n) is 6.73. The molecule has 0 aliphatic heterocycles. The van der Waals surface area contributed by atoms with E-state index in [-0.39, 0.29) is 17.7 Å². The third kappa shape index (κ3) is 3.16. The Bertz CT molecular complexity index is 503. The Morgan fingerprint density at radius 2 is 2.05 bits per heavy atom. The number of phenols is 1. The summed E-state index contributed by atoms with van der Waals surface area (Å²) in [5.74, 6) is 0.843. The zero-order valence-electron chi connectivity index (χ0n) is 11.8. The molecule has 0 unspecified atom stereocenters. The van der Waals surface area contributed by atoms with Crippen LogP contribution in [0.4, 0.5) is 0 Å². The fourth-order valence-corrected chi connectivity index (χ4v) is 2.19. The largest absolute Gasteiger partial charge is 0.508 e. The molecule has 3 heteroatoms. The minimum absolute atomic E-state index is 0.000142. The van der Waals surface area contributed by atoms with Gasteiger partial charge in [-0.15, -0.1) is 0 Å². The number of benzene rings is 1. The molecule has 1 N–H and O–H groups in total. The Morgan fingerprint density at radius 3 is 2.63 bits per heavy atom. The number of nitrogens with zero attached hydrogens (tertiary/aromatic N) is 1. The molecule has 1 aromatic rings. The Hall–Kier alpha value is -1.77. The highest BCUT2D eigenvalue weighted by Crippen LogP contribution is 2.36. The Morgan fingerprint density at radius 1 is 1.42 bits per heavy atom. The van der Waals surface area contributed by atoms with Crippen LogP contribution in [0.25, 0.3) is 0 Å². The molecule has 3 nitrogen and oxygen atoms in total. The second kappa shape index (κ2) is 5.47. The van der Waals surface area contributed by atoms with E-state index in [4.69, 9.17) is 0 Å². The van der Waals surface area contributed by atoms with E-state index in [1.54, 1.807) is 30.2 Å². The molecular formula is C16H21NO2. The standard InChI is InChI=1S/C16H21NO2/c1-11(13-8-9-13)10-16(19)17(3)12(2)14-6-4-5-7-15(14)18/h4-7,10,12-13,18H,8-9H2,1-3H3/b11-10+/t12-/m0/s1. The summed E-state index contributed by atoms with van der Waals surface area (Å²) in [5, 5.41) is 9.84. The van der Waals surface area contributed by atoms with Crippen LogP contribution in [-0.2, 0) is 4.79 Å². The second-order valence-electron chi connectivity index (χ2n) is 5.35. The maximum absolute atomic E-state index is 12.2. The molecule has 1 fully saturated rings. The average molecular weight is 259 g/mol. The van der Waals surface area contributed by atoms with Crippen LogP contribution >= 0.6 is 0 Å². The van der Waals surface area contributed by atoms with Crippen molar-refractivity contribution in [2.24, 2.45) is 5.92 Å². The van der Waals surface area contributed by atoms with Gasteiger partial charge in [-0.25, -0.2) is 0 Å². The number of hydrogen-bond donors (Lipinski definition) is 1. The van der Waals surface area contributed by atoms with E-state index in [9.17, 15) is 9.90 Å². The fourth-order valence-electron chi connectivity index (χ4n) is 2.19. The summed E-state index contributed by atoms with van der Waals surface area (Å²) in [7, 11) is 1.77. The summed E-state index contributed by atoms with van der Waals surface area (Å²) in [5.41, 5.74) is 1.94. The second-order valence-corrected chi connectivity index (χ2v) is 5.35. The molecule has 1 aliphatic carbocycles. The van der Waals surface area contributed by atoms with Crippen LogP contribution < -0.4 is 0 Å². The molecule has 0 heterocycles. The van der Waals surface area contributed by atoms with Crippen LogP contribution in [0.1, 0.15) is 38.3 Å². The number of para-hydroxylation sites is 1. The van der Waals surface area contributed by atoms with Crippen LogP contribution in [0.3, 0.4) is 0 Å². The number of amides is 1. The monoisotopic (exact) mass is 259 g/mol. The van der Waals surface area contributed by atoms with Crippen LogP contribution in [0.15, 0.2) is 35.9 Å². The molecule has 0 radical (unpaired) electrons. The zero-order chi connectivity index (χ0) is 14.0. The number of allylic oxidation sites excluding steroid dienone is 1. The van der Waals surface area contributed by atoms with Gasteiger partial charge in [-0.05, 0) is 38.7 Å². The van der Waals surface area contributed by atoms with Crippen LogP contribution in [0.2, 0.25) is 0 Å². The molecule has 19 heavy (non-hydrogen) atoms. The predicted molar refractivity (Wildman–Crippen MR) is 75.8 cm³/mol. The maximum atomic E-state index is 12.2. The Labute approximate surface area is 114 Å². The Kier molecular flexibility index (Phi) is 3.93. The van der Waals surface area contributed by atoms with Crippen molar-refractivity contribution in [3.63, 3.8) is 0 Å². The number of likely N-dealkylation sites (N-methyl/N-ethyl adjacent to an activating group) is 1. The third-order valence-corrected chi connectivity index (χ3v) is 3.89. The van der Waals surface area contributed by atoms with Crippen LogP contribution in [0.5, 0.6) is 5.75 Å². The first-order chi connectivity index (χ1) is 9.00. The van der Waals surface area contributed by atoms with Crippen molar-refractivity contribution in [3.8, 4) is 5.75 Å². The van der Waals surface area contributed by atoms with Gasteiger partial charge in [0.15, 0.2) is 0 Å². The third-order valence-electron chi connectivity index (χ3n) is 3.89. The normalized spacial score (nSPS) is 17.1. The topological polar surface area (TPSA) is 40.5 Å². The molecule has 0 spiro atoms. The highest BCUT2D eigenvalue weighted by molar-refractivity contribution is 5.88. The van der Waals surface area contributed by atoms with Crippen molar-refractivity contribution in [2.75, 3.05) is 7.05 Å². The van der Waals surface area contributed by atoms with Gasteiger partial charge in [0.2, 0.25) is 5.91 Å².